The van der Waals surface area contributed by atoms with E-state index in [1.165, 1.54) is 6.33 Å². The number of hydrogen-bond acceptors (Lipinski definition) is 5. The van der Waals surface area contributed by atoms with E-state index in [4.69, 9.17) is 5.11 Å². The molecule has 2 rings (SSSR count). The van der Waals surface area contributed by atoms with Gasteiger partial charge in [-0.1, -0.05) is 0 Å². The fourth-order valence-electron chi connectivity index (χ4n) is 2.14. The third-order valence-corrected chi connectivity index (χ3v) is 3.12. The van der Waals surface area contributed by atoms with Crippen LogP contribution in [-0.2, 0) is 11.3 Å². The Morgan fingerprint density at radius 3 is 2.89 bits per heavy atom. The summed E-state index contributed by atoms with van der Waals surface area (Å²) in [5.41, 5.74) is 0. The molecule has 1 aromatic heterocycles. The molecule has 18 heavy (non-hydrogen) atoms. The quantitative estimate of drug-likeness (QED) is 0.730. The highest BCUT2D eigenvalue weighted by molar-refractivity contribution is 5.75. The lowest BCUT2D eigenvalue weighted by Gasteiger charge is -2.21. The number of carbonyl (C=O) groups is 1. The number of amides is 1. The van der Waals surface area contributed by atoms with Gasteiger partial charge in [0.2, 0.25) is 5.91 Å². The van der Waals surface area contributed by atoms with E-state index in [9.17, 15) is 4.79 Å². The molecule has 7 nitrogen and oxygen atoms in total. The first kappa shape index (κ1) is 13.0. The predicted octanol–water partition coefficient (Wildman–Crippen LogP) is -1.20. The van der Waals surface area contributed by atoms with Gasteiger partial charge in [0.1, 0.15) is 19.2 Å². The van der Waals surface area contributed by atoms with Gasteiger partial charge in [0.05, 0.1) is 6.61 Å². The molecule has 1 saturated heterocycles. The lowest BCUT2D eigenvalue weighted by Crippen LogP contribution is -2.37. The number of β-amino-alcohol motifs (C(OH)–C–C–N with tert-alkyl or cyclic N) is 1. The van der Waals surface area contributed by atoms with Crippen molar-refractivity contribution in [1.29, 1.82) is 0 Å². The Hall–Kier alpha value is -1.47. The number of hydrogen-bond donors (Lipinski definition) is 1. The molecule has 1 aliphatic rings. The molecule has 7 heteroatoms. The lowest BCUT2D eigenvalue weighted by molar-refractivity contribution is -0.131. The molecular weight excluding hydrogens is 234 g/mol. The second kappa shape index (κ2) is 6.46. The maximum Gasteiger partial charge on any atom is 0.244 e. The summed E-state index contributed by atoms with van der Waals surface area (Å²) in [4.78, 5) is 19.9. The first-order chi connectivity index (χ1) is 8.79. The molecule has 0 spiro atoms. The molecule has 0 radical (unpaired) electrons. The molecule has 1 aromatic rings. The molecule has 100 valence electrons. The molecule has 0 bridgehead atoms. The van der Waals surface area contributed by atoms with Crippen LogP contribution in [0.3, 0.4) is 0 Å². The predicted molar refractivity (Wildman–Crippen MR) is 64.7 cm³/mol. The second-order valence-electron chi connectivity index (χ2n) is 4.39. The standard InChI is InChI=1S/C11H19N5O2/c17-7-6-14-2-1-3-15(5-4-14)11(18)8-16-10-12-9-13-16/h9-10,17H,1-8H2. The molecule has 1 amide bonds. The fourth-order valence-corrected chi connectivity index (χ4v) is 2.14. The van der Waals surface area contributed by atoms with Crippen LogP contribution in [0.2, 0.25) is 0 Å². The van der Waals surface area contributed by atoms with Gasteiger partial charge in [0.25, 0.3) is 0 Å². The lowest BCUT2D eigenvalue weighted by atomic mass is 10.3. The van der Waals surface area contributed by atoms with Crippen molar-refractivity contribution in [3.63, 3.8) is 0 Å². The summed E-state index contributed by atoms with van der Waals surface area (Å²) in [6.45, 7) is 4.36. The molecule has 1 aliphatic heterocycles. The molecule has 0 atom stereocenters. The summed E-state index contributed by atoms with van der Waals surface area (Å²) in [5.74, 6) is 0.0753. The Kier molecular flexibility index (Phi) is 4.66. The second-order valence-corrected chi connectivity index (χ2v) is 4.39. The Balaban J connectivity index is 1.83. The van der Waals surface area contributed by atoms with E-state index >= 15 is 0 Å². The van der Waals surface area contributed by atoms with Crippen LogP contribution in [-0.4, -0.2) is 74.9 Å². The molecule has 0 aliphatic carbocycles. The fraction of sp³-hybridized carbons (Fsp3) is 0.727. The van der Waals surface area contributed by atoms with Crippen molar-refractivity contribution in [2.24, 2.45) is 0 Å². The summed E-state index contributed by atoms with van der Waals surface area (Å²) in [7, 11) is 0. The van der Waals surface area contributed by atoms with Gasteiger partial charge >= 0.3 is 0 Å². The topological polar surface area (TPSA) is 74.5 Å². The molecule has 1 fully saturated rings. The molecule has 0 saturated carbocycles. The maximum atomic E-state index is 12.1. The van der Waals surface area contributed by atoms with Gasteiger partial charge in [0.15, 0.2) is 0 Å². The minimum absolute atomic E-state index is 0.0753. The van der Waals surface area contributed by atoms with Crippen LogP contribution in [0.15, 0.2) is 12.7 Å². The van der Waals surface area contributed by atoms with E-state index in [1.54, 1.807) is 11.0 Å². The normalized spacial score (nSPS) is 17.7. The minimum Gasteiger partial charge on any atom is -0.395 e. The van der Waals surface area contributed by atoms with Gasteiger partial charge in [-0.05, 0) is 13.0 Å². The molecule has 0 aromatic carbocycles. The maximum absolute atomic E-state index is 12.1. The molecular formula is C11H19N5O2. The molecule has 2 heterocycles. The highest BCUT2D eigenvalue weighted by Crippen LogP contribution is 2.04. The number of aromatic nitrogens is 3. The summed E-state index contributed by atoms with van der Waals surface area (Å²) in [6, 6.07) is 0. The van der Waals surface area contributed by atoms with Crippen molar-refractivity contribution < 1.29 is 9.90 Å². The van der Waals surface area contributed by atoms with Crippen molar-refractivity contribution in [2.75, 3.05) is 39.3 Å². The monoisotopic (exact) mass is 253 g/mol. The largest absolute Gasteiger partial charge is 0.395 e. The van der Waals surface area contributed by atoms with Gasteiger partial charge in [-0.2, -0.15) is 5.10 Å². The van der Waals surface area contributed by atoms with E-state index in [0.29, 0.717) is 13.1 Å². The van der Waals surface area contributed by atoms with Crippen molar-refractivity contribution >= 4 is 5.91 Å². The van der Waals surface area contributed by atoms with Crippen LogP contribution in [0.4, 0.5) is 0 Å². The van der Waals surface area contributed by atoms with Crippen LogP contribution in [0.25, 0.3) is 0 Å². The van der Waals surface area contributed by atoms with Crippen molar-refractivity contribution in [3.8, 4) is 0 Å². The highest BCUT2D eigenvalue weighted by Gasteiger charge is 2.18. The van der Waals surface area contributed by atoms with Crippen molar-refractivity contribution in [1.82, 2.24) is 24.6 Å². The van der Waals surface area contributed by atoms with E-state index in [0.717, 1.165) is 26.1 Å². The molecule has 0 unspecified atom stereocenters. The van der Waals surface area contributed by atoms with Crippen molar-refractivity contribution in [3.05, 3.63) is 12.7 Å². The zero-order chi connectivity index (χ0) is 12.8. The first-order valence-corrected chi connectivity index (χ1v) is 6.23. The number of aliphatic hydroxyl groups excluding tert-OH is 1. The third-order valence-electron chi connectivity index (χ3n) is 3.12. The first-order valence-electron chi connectivity index (χ1n) is 6.23. The smallest absolute Gasteiger partial charge is 0.244 e. The van der Waals surface area contributed by atoms with E-state index in [-0.39, 0.29) is 19.1 Å². The van der Waals surface area contributed by atoms with Crippen molar-refractivity contribution in [2.45, 2.75) is 13.0 Å². The summed E-state index contributed by atoms with van der Waals surface area (Å²) in [6.07, 6.45) is 3.93. The van der Waals surface area contributed by atoms with Gasteiger partial charge in [0, 0.05) is 26.2 Å². The highest BCUT2D eigenvalue weighted by atomic mass is 16.3. The summed E-state index contributed by atoms with van der Waals surface area (Å²) >= 11 is 0. The summed E-state index contributed by atoms with van der Waals surface area (Å²) in [5, 5.41) is 12.8. The van der Waals surface area contributed by atoms with Gasteiger partial charge < -0.3 is 10.0 Å². The Morgan fingerprint density at radius 1 is 1.28 bits per heavy atom. The van der Waals surface area contributed by atoms with Gasteiger partial charge in [-0.3, -0.25) is 9.69 Å². The number of carbonyl (C=O) groups excluding carboxylic acids is 1. The number of rotatable bonds is 4. The van der Waals surface area contributed by atoms with Crippen LogP contribution in [0, 0.1) is 0 Å². The van der Waals surface area contributed by atoms with Crippen LogP contribution in [0.1, 0.15) is 6.42 Å². The van der Waals surface area contributed by atoms with Crippen LogP contribution >= 0.6 is 0 Å². The number of nitrogens with zero attached hydrogens (tertiary/aromatic N) is 5. The van der Waals surface area contributed by atoms with Gasteiger partial charge in [-0.25, -0.2) is 9.67 Å². The zero-order valence-electron chi connectivity index (χ0n) is 10.4. The van der Waals surface area contributed by atoms with E-state index in [2.05, 4.69) is 15.0 Å². The third kappa shape index (κ3) is 3.51. The zero-order valence-corrected chi connectivity index (χ0v) is 10.4. The minimum atomic E-state index is 0.0753. The van der Waals surface area contributed by atoms with Crippen LogP contribution < -0.4 is 0 Å². The summed E-state index contributed by atoms with van der Waals surface area (Å²) < 4.78 is 1.54. The average Bonchev–Trinajstić information content (AvgIpc) is 2.74. The number of aliphatic hydroxyl groups is 1. The Labute approximate surface area is 106 Å². The Bertz CT molecular complexity index is 368. The SMILES string of the molecule is O=C(Cn1cncn1)N1CCCN(CCO)CC1. The molecule has 1 N–H and O–H groups in total. The van der Waals surface area contributed by atoms with Gasteiger partial charge in [-0.15, -0.1) is 0 Å². The average molecular weight is 253 g/mol. The van der Waals surface area contributed by atoms with Crippen LogP contribution in [0.5, 0.6) is 0 Å². The van der Waals surface area contributed by atoms with E-state index < -0.39 is 0 Å². The van der Waals surface area contributed by atoms with E-state index in [1.807, 2.05) is 4.90 Å². The Morgan fingerprint density at radius 2 is 2.17 bits per heavy atom.